The van der Waals surface area contributed by atoms with Crippen LogP contribution in [0.5, 0.6) is 11.5 Å². The number of carbonyl (C=O) groups excluding carboxylic acids is 1. The monoisotopic (exact) mass is 446 g/mol. The zero-order valence-corrected chi connectivity index (χ0v) is 17.4. The number of anilines is 1. The second-order valence-corrected chi connectivity index (χ2v) is 7.45. The smallest absolute Gasteiger partial charge is 0.264 e. The van der Waals surface area contributed by atoms with Crippen LogP contribution >= 0.6 is 27.3 Å². The Morgan fingerprint density at radius 1 is 1.22 bits per heavy atom. The first-order chi connectivity index (χ1) is 13.1. The minimum atomic E-state index is -0.249. The summed E-state index contributed by atoms with van der Waals surface area (Å²) in [6, 6.07) is 13.4. The number of nitrogens with one attached hydrogen (secondary N) is 1. The lowest BCUT2D eigenvalue weighted by atomic mass is 10.1. The second-order valence-electron chi connectivity index (χ2n) is 5.68. The zero-order chi connectivity index (χ0) is 19.2. The number of amides is 1. The number of thiazole rings is 1. The van der Waals surface area contributed by atoms with Crippen LogP contribution in [0.1, 0.15) is 12.5 Å². The summed E-state index contributed by atoms with van der Waals surface area (Å²) < 4.78 is 12.0. The predicted octanol–water partition coefficient (Wildman–Crippen LogP) is 5.16. The van der Waals surface area contributed by atoms with Gasteiger partial charge < -0.3 is 9.47 Å². The Balaban J connectivity index is 1.63. The molecule has 0 unspecified atom stereocenters. The molecule has 0 saturated heterocycles. The summed E-state index contributed by atoms with van der Waals surface area (Å²) in [6.45, 7) is 1.97. The summed E-state index contributed by atoms with van der Waals surface area (Å²) in [4.78, 5) is 16.7. The highest BCUT2D eigenvalue weighted by atomic mass is 79.9. The Labute approximate surface area is 170 Å². The van der Waals surface area contributed by atoms with Gasteiger partial charge in [-0.15, -0.1) is 11.3 Å². The maximum Gasteiger partial charge on any atom is 0.264 e. The Kier molecular flexibility index (Phi) is 6.47. The van der Waals surface area contributed by atoms with Crippen molar-refractivity contribution < 1.29 is 14.3 Å². The molecule has 5 nitrogen and oxygen atoms in total. The van der Waals surface area contributed by atoms with Crippen LogP contribution in [-0.4, -0.2) is 24.6 Å². The molecular formula is C20H19BrN2O3S. The van der Waals surface area contributed by atoms with Gasteiger partial charge in [-0.05, 0) is 42.3 Å². The zero-order valence-electron chi connectivity index (χ0n) is 15.0. The first-order valence-corrected chi connectivity index (χ1v) is 10.1. The van der Waals surface area contributed by atoms with Gasteiger partial charge in [0.25, 0.3) is 5.91 Å². The number of para-hydroxylation sites is 1. The van der Waals surface area contributed by atoms with E-state index >= 15 is 0 Å². The van der Waals surface area contributed by atoms with Crippen molar-refractivity contribution in [3.63, 3.8) is 0 Å². The molecular weight excluding hydrogens is 428 g/mol. The van der Waals surface area contributed by atoms with E-state index in [1.807, 2.05) is 54.8 Å². The minimum absolute atomic E-state index is 0.0712. The van der Waals surface area contributed by atoms with Crippen molar-refractivity contribution >= 4 is 38.3 Å². The van der Waals surface area contributed by atoms with Crippen LogP contribution < -0.4 is 14.8 Å². The fraction of sp³-hybridized carbons (Fsp3) is 0.200. The number of nitrogens with zero attached hydrogens (tertiary/aromatic N) is 1. The summed E-state index contributed by atoms with van der Waals surface area (Å²) in [7, 11) is 1.62. The highest BCUT2D eigenvalue weighted by Gasteiger charge is 2.12. The molecule has 0 radical (unpaired) electrons. The summed E-state index contributed by atoms with van der Waals surface area (Å²) in [5.41, 5.74) is 2.69. The first-order valence-electron chi connectivity index (χ1n) is 8.40. The highest BCUT2D eigenvalue weighted by Crippen LogP contribution is 2.31. The average Bonchev–Trinajstić information content (AvgIpc) is 3.15. The molecule has 0 spiro atoms. The van der Waals surface area contributed by atoms with Crippen LogP contribution in [-0.2, 0) is 11.2 Å². The predicted molar refractivity (Wildman–Crippen MR) is 112 cm³/mol. The average molecular weight is 447 g/mol. The Hall–Kier alpha value is -2.38. The summed E-state index contributed by atoms with van der Waals surface area (Å²) in [5, 5.41) is 5.19. The first kappa shape index (κ1) is 19.4. The maximum atomic E-state index is 12.2. The number of hydrogen-bond donors (Lipinski definition) is 1. The lowest BCUT2D eigenvalue weighted by Gasteiger charge is -2.10. The Morgan fingerprint density at radius 2 is 2.04 bits per heavy atom. The molecule has 1 N–H and O–H groups in total. The summed E-state index contributed by atoms with van der Waals surface area (Å²) in [5.74, 6) is 1.21. The maximum absolute atomic E-state index is 12.2. The molecule has 3 aromatic rings. The number of rotatable bonds is 7. The molecule has 1 amide bonds. The van der Waals surface area contributed by atoms with E-state index in [4.69, 9.17) is 9.47 Å². The van der Waals surface area contributed by atoms with Gasteiger partial charge >= 0.3 is 0 Å². The molecule has 0 fully saturated rings. The lowest BCUT2D eigenvalue weighted by molar-refractivity contribution is -0.118. The molecule has 7 heteroatoms. The summed E-state index contributed by atoms with van der Waals surface area (Å²) >= 11 is 4.81. The highest BCUT2D eigenvalue weighted by molar-refractivity contribution is 9.10. The molecule has 140 valence electrons. The van der Waals surface area contributed by atoms with Crippen molar-refractivity contribution in [1.82, 2.24) is 4.98 Å². The molecule has 27 heavy (non-hydrogen) atoms. The van der Waals surface area contributed by atoms with E-state index in [1.165, 1.54) is 11.3 Å². The van der Waals surface area contributed by atoms with Gasteiger partial charge in [-0.1, -0.05) is 35.0 Å². The molecule has 1 aromatic heterocycles. The van der Waals surface area contributed by atoms with Crippen molar-refractivity contribution in [3.05, 3.63) is 57.9 Å². The van der Waals surface area contributed by atoms with Crippen LogP contribution in [0, 0.1) is 0 Å². The Morgan fingerprint density at radius 3 is 2.81 bits per heavy atom. The number of carbonyl (C=O) groups is 1. The van der Waals surface area contributed by atoms with E-state index in [1.54, 1.807) is 7.11 Å². The van der Waals surface area contributed by atoms with Gasteiger partial charge in [0, 0.05) is 15.4 Å². The van der Waals surface area contributed by atoms with Crippen molar-refractivity contribution in [3.8, 4) is 22.8 Å². The molecule has 0 saturated carbocycles. The van der Waals surface area contributed by atoms with E-state index in [2.05, 4.69) is 26.2 Å². The van der Waals surface area contributed by atoms with Crippen LogP contribution in [0.25, 0.3) is 11.3 Å². The van der Waals surface area contributed by atoms with Crippen LogP contribution in [0.15, 0.2) is 52.3 Å². The van der Waals surface area contributed by atoms with Crippen molar-refractivity contribution in [2.24, 2.45) is 0 Å². The molecule has 0 atom stereocenters. The summed E-state index contributed by atoms with van der Waals surface area (Å²) in [6.07, 6.45) is 0.825. The molecule has 0 aliphatic carbocycles. The topological polar surface area (TPSA) is 60.5 Å². The van der Waals surface area contributed by atoms with Gasteiger partial charge in [0.15, 0.2) is 11.7 Å². The van der Waals surface area contributed by atoms with Gasteiger partial charge in [-0.25, -0.2) is 4.98 Å². The van der Waals surface area contributed by atoms with E-state index in [0.717, 1.165) is 33.5 Å². The van der Waals surface area contributed by atoms with Crippen molar-refractivity contribution in [2.45, 2.75) is 13.3 Å². The number of methoxy groups -OCH3 is 1. The van der Waals surface area contributed by atoms with E-state index in [9.17, 15) is 4.79 Å². The number of hydrogen-bond acceptors (Lipinski definition) is 5. The minimum Gasteiger partial charge on any atom is -0.496 e. The molecule has 0 aliphatic heterocycles. The standard InChI is InChI=1S/C20H19BrN2O3S/c1-3-13-10-14(21)8-9-17(13)26-11-19(24)23-20-22-16(12-27-20)15-6-4-5-7-18(15)25-2/h4-10,12H,3,11H2,1-2H3,(H,22,23,24). The normalized spacial score (nSPS) is 10.5. The molecule has 0 bridgehead atoms. The van der Waals surface area contributed by atoms with Gasteiger partial charge in [0.1, 0.15) is 11.5 Å². The molecule has 1 heterocycles. The second kappa shape index (κ2) is 9.01. The third-order valence-corrected chi connectivity index (χ3v) is 5.15. The SMILES string of the molecule is CCc1cc(Br)ccc1OCC(=O)Nc1nc(-c2ccccc2OC)cs1. The number of halogens is 1. The van der Waals surface area contributed by atoms with Crippen LogP contribution in [0.2, 0.25) is 0 Å². The fourth-order valence-electron chi connectivity index (χ4n) is 2.57. The van der Waals surface area contributed by atoms with Crippen molar-refractivity contribution in [2.75, 3.05) is 19.0 Å². The van der Waals surface area contributed by atoms with Crippen LogP contribution in [0.4, 0.5) is 5.13 Å². The van der Waals surface area contributed by atoms with E-state index in [-0.39, 0.29) is 12.5 Å². The van der Waals surface area contributed by atoms with Gasteiger partial charge in [-0.3, -0.25) is 10.1 Å². The number of aryl methyl sites for hydroxylation is 1. The largest absolute Gasteiger partial charge is 0.496 e. The van der Waals surface area contributed by atoms with Gasteiger partial charge in [0.05, 0.1) is 12.8 Å². The lowest BCUT2D eigenvalue weighted by Crippen LogP contribution is -2.20. The third-order valence-electron chi connectivity index (χ3n) is 3.90. The van der Waals surface area contributed by atoms with Gasteiger partial charge in [0.2, 0.25) is 0 Å². The van der Waals surface area contributed by atoms with Crippen LogP contribution in [0.3, 0.4) is 0 Å². The van der Waals surface area contributed by atoms with E-state index < -0.39 is 0 Å². The third kappa shape index (κ3) is 4.87. The molecule has 0 aliphatic rings. The molecule has 2 aromatic carbocycles. The quantitative estimate of drug-likeness (QED) is 0.544. The number of benzene rings is 2. The van der Waals surface area contributed by atoms with Gasteiger partial charge in [-0.2, -0.15) is 0 Å². The Bertz CT molecular complexity index is 942. The fourth-order valence-corrected chi connectivity index (χ4v) is 3.71. The number of aromatic nitrogens is 1. The number of ether oxygens (including phenoxy) is 2. The van der Waals surface area contributed by atoms with Crippen molar-refractivity contribution in [1.29, 1.82) is 0 Å². The van der Waals surface area contributed by atoms with E-state index in [0.29, 0.717) is 10.9 Å². The molecule has 3 rings (SSSR count).